The fourth-order valence-electron chi connectivity index (χ4n) is 2.37. The quantitative estimate of drug-likeness (QED) is 0.912. The smallest absolute Gasteiger partial charge is 0.112 e. The van der Waals surface area contributed by atoms with Crippen LogP contribution in [-0.4, -0.2) is 18.1 Å². The molecule has 2 aromatic rings. The summed E-state index contributed by atoms with van der Waals surface area (Å²) in [6.45, 7) is 3.16. The van der Waals surface area contributed by atoms with Gasteiger partial charge in [0, 0.05) is 24.7 Å². The molecule has 0 aliphatic carbocycles. The van der Waals surface area contributed by atoms with Crippen molar-refractivity contribution in [2.45, 2.75) is 19.4 Å². The van der Waals surface area contributed by atoms with Crippen LogP contribution in [0.4, 0.5) is 11.4 Å². The lowest BCUT2D eigenvalue weighted by Crippen LogP contribution is -2.19. The Labute approximate surface area is 111 Å². The van der Waals surface area contributed by atoms with Crippen LogP contribution in [0.1, 0.15) is 17.8 Å². The number of hydrogen-bond acceptors (Lipinski definition) is 4. The number of thiazole rings is 1. The lowest BCUT2D eigenvalue weighted by atomic mass is 10.2. The molecule has 3 nitrogen and oxygen atoms in total. The Kier molecular flexibility index (Phi) is 3.46. The van der Waals surface area contributed by atoms with Crippen LogP contribution in [-0.2, 0) is 6.54 Å². The molecule has 4 heteroatoms. The molecule has 0 radical (unpaired) electrons. The first-order valence-electron chi connectivity index (χ1n) is 6.40. The molecule has 3 rings (SSSR count). The maximum atomic E-state index is 4.30. The first-order valence-corrected chi connectivity index (χ1v) is 7.28. The Morgan fingerprint density at radius 2 is 2.06 bits per heavy atom. The van der Waals surface area contributed by atoms with Gasteiger partial charge in [0.25, 0.3) is 0 Å². The second kappa shape index (κ2) is 5.40. The highest BCUT2D eigenvalue weighted by Gasteiger charge is 2.15. The number of nitrogens with zero attached hydrogens (tertiary/aromatic N) is 2. The maximum Gasteiger partial charge on any atom is 0.112 e. The van der Waals surface area contributed by atoms with Gasteiger partial charge in [-0.15, -0.1) is 11.3 Å². The summed E-state index contributed by atoms with van der Waals surface area (Å²) in [6, 6.07) is 8.56. The fourth-order valence-corrected chi connectivity index (χ4v) is 2.92. The predicted molar refractivity (Wildman–Crippen MR) is 77.3 cm³/mol. The zero-order chi connectivity index (χ0) is 12.2. The van der Waals surface area contributed by atoms with Crippen LogP contribution >= 0.6 is 11.3 Å². The van der Waals surface area contributed by atoms with Crippen molar-refractivity contribution in [3.63, 3.8) is 0 Å². The van der Waals surface area contributed by atoms with Gasteiger partial charge in [-0.1, -0.05) is 12.1 Å². The van der Waals surface area contributed by atoms with Crippen LogP contribution < -0.4 is 10.2 Å². The van der Waals surface area contributed by atoms with Crippen molar-refractivity contribution >= 4 is 22.7 Å². The Hall–Kier alpha value is -1.55. The highest BCUT2D eigenvalue weighted by atomic mass is 32.1. The summed E-state index contributed by atoms with van der Waals surface area (Å²) < 4.78 is 0. The molecule has 18 heavy (non-hydrogen) atoms. The summed E-state index contributed by atoms with van der Waals surface area (Å²) in [5, 5.41) is 6.65. The molecule has 0 atom stereocenters. The number of nitrogens with one attached hydrogen (secondary N) is 1. The van der Waals surface area contributed by atoms with Crippen molar-refractivity contribution in [2.24, 2.45) is 0 Å². The van der Waals surface area contributed by atoms with Gasteiger partial charge in [-0.05, 0) is 25.0 Å². The van der Waals surface area contributed by atoms with Crippen LogP contribution in [0, 0.1) is 0 Å². The summed E-state index contributed by atoms with van der Waals surface area (Å²) in [5.41, 5.74) is 2.54. The number of anilines is 2. The highest BCUT2D eigenvalue weighted by Crippen LogP contribution is 2.28. The number of aromatic nitrogens is 1. The van der Waals surface area contributed by atoms with Gasteiger partial charge in [0.2, 0.25) is 0 Å². The van der Waals surface area contributed by atoms with Gasteiger partial charge in [-0.25, -0.2) is 4.98 Å². The number of para-hydroxylation sites is 2. The van der Waals surface area contributed by atoms with Gasteiger partial charge in [0.1, 0.15) is 5.01 Å². The van der Waals surface area contributed by atoms with E-state index in [1.54, 1.807) is 11.3 Å². The molecule has 0 bridgehead atoms. The molecule has 0 spiro atoms. The summed E-state index contributed by atoms with van der Waals surface area (Å²) in [6.07, 6.45) is 4.47. The van der Waals surface area contributed by atoms with Crippen LogP contribution in [0.2, 0.25) is 0 Å². The average molecular weight is 259 g/mol. The van der Waals surface area contributed by atoms with Crippen molar-refractivity contribution in [1.29, 1.82) is 0 Å². The first kappa shape index (κ1) is 11.5. The zero-order valence-corrected chi connectivity index (χ0v) is 11.1. The summed E-state index contributed by atoms with van der Waals surface area (Å²) in [4.78, 5) is 6.76. The van der Waals surface area contributed by atoms with Crippen LogP contribution in [0.3, 0.4) is 0 Å². The van der Waals surface area contributed by atoms with Gasteiger partial charge in [-0.3, -0.25) is 0 Å². The summed E-state index contributed by atoms with van der Waals surface area (Å²) >= 11 is 1.69. The molecule has 94 valence electrons. The lowest BCUT2D eigenvalue weighted by molar-refractivity contribution is 0.949. The second-order valence-corrected chi connectivity index (χ2v) is 5.47. The highest BCUT2D eigenvalue weighted by molar-refractivity contribution is 7.09. The molecular formula is C14H17N3S. The minimum absolute atomic E-state index is 0.808. The van der Waals surface area contributed by atoms with Crippen LogP contribution in [0.15, 0.2) is 35.8 Å². The minimum Gasteiger partial charge on any atom is -0.377 e. The van der Waals surface area contributed by atoms with Crippen molar-refractivity contribution in [2.75, 3.05) is 23.3 Å². The van der Waals surface area contributed by atoms with E-state index in [1.165, 1.54) is 37.3 Å². The van der Waals surface area contributed by atoms with E-state index in [0.29, 0.717) is 0 Å². The largest absolute Gasteiger partial charge is 0.377 e. The van der Waals surface area contributed by atoms with Gasteiger partial charge in [-0.2, -0.15) is 0 Å². The molecule has 1 fully saturated rings. The van der Waals surface area contributed by atoms with E-state index in [1.807, 2.05) is 11.6 Å². The van der Waals surface area contributed by atoms with Crippen molar-refractivity contribution in [3.8, 4) is 0 Å². The zero-order valence-electron chi connectivity index (χ0n) is 10.3. The van der Waals surface area contributed by atoms with Gasteiger partial charge in [0.05, 0.1) is 17.9 Å². The van der Waals surface area contributed by atoms with E-state index < -0.39 is 0 Å². The Balaban J connectivity index is 1.74. The third kappa shape index (κ3) is 2.48. The van der Waals surface area contributed by atoms with E-state index >= 15 is 0 Å². The standard InChI is InChI=1S/C14H17N3S/c1-2-6-13(17-8-3-4-9-17)12(5-1)16-11-14-15-7-10-18-14/h1-2,5-7,10,16H,3-4,8-9,11H2. The number of rotatable bonds is 4. The van der Waals surface area contributed by atoms with Crippen LogP contribution in [0.25, 0.3) is 0 Å². The molecule has 2 heterocycles. The van der Waals surface area contributed by atoms with E-state index in [-0.39, 0.29) is 0 Å². The molecule has 0 unspecified atom stereocenters. The van der Waals surface area contributed by atoms with E-state index in [4.69, 9.17) is 0 Å². The monoisotopic (exact) mass is 259 g/mol. The van der Waals surface area contributed by atoms with E-state index in [2.05, 4.69) is 39.5 Å². The molecule has 1 N–H and O–H groups in total. The van der Waals surface area contributed by atoms with Gasteiger partial charge >= 0.3 is 0 Å². The van der Waals surface area contributed by atoms with E-state index in [9.17, 15) is 0 Å². The Morgan fingerprint density at radius 3 is 2.83 bits per heavy atom. The third-order valence-electron chi connectivity index (χ3n) is 3.26. The molecule has 1 aliphatic rings. The molecule has 1 aliphatic heterocycles. The minimum atomic E-state index is 0.808. The average Bonchev–Trinajstić information content (AvgIpc) is 3.10. The second-order valence-electron chi connectivity index (χ2n) is 4.49. The molecule has 1 aromatic carbocycles. The van der Waals surface area contributed by atoms with Crippen molar-refractivity contribution in [1.82, 2.24) is 4.98 Å². The molecule has 0 amide bonds. The lowest BCUT2D eigenvalue weighted by Gasteiger charge is -2.21. The molecular weight excluding hydrogens is 242 g/mol. The molecule has 0 saturated carbocycles. The molecule has 1 saturated heterocycles. The van der Waals surface area contributed by atoms with E-state index in [0.717, 1.165) is 11.6 Å². The fraction of sp³-hybridized carbons (Fsp3) is 0.357. The third-order valence-corrected chi connectivity index (χ3v) is 4.04. The van der Waals surface area contributed by atoms with Gasteiger partial charge in [0.15, 0.2) is 0 Å². The molecule has 1 aromatic heterocycles. The van der Waals surface area contributed by atoms with Crippen molar-refractivity contribution < 1.29 is 0 Å². The van der Waals surface area contributed by atoms with Crippen LogP contribution in [0.5, 0.6) is 0 Å². The first-order chi connectivity index (χ1) is 8.93. The maximum absolute atomic E-state index is 4.30. The Bertz CT molecular complexity index is 490. The summed E-state index contributed by atoms with van der Waals surface area (Å²) in [7, 11) is 0. The predicted octanol–water partition coefficient (Wildman–Crippen LogP) is 3.36. The topological polar surface area (TPSA) is 28.2 Å². The normalized spacial score (nSPS) is 15.0. The number of benzene rings is 1. The van der Waals surface area contributed by atoms with Gasteiger partial charge < -0.3 is 10.2 Å². The van der Waals surface area contributed by atoms with Crippen molar-refractivity contribution in [3.05, 3.63) is 40.8 Å². The SMILES string of the molecule is c1ccc(N2CCCC2)c(NCc2nccs2)c1. The number of hydrogen-bond donors (Lipinski definition) is 1. The summed E-state index contributed by atoms with van der Waals surface area (Å²) in [5.74, 6) is 0. The Morgan fingerprint density at radius 1 is 1.22 bits per heavy atom.